The molecule has 0 saturated heterocycles. The smallest absolute Gasteiger partial charge is 0.222 e. The summed E-state index contributed by atoms with van der Waals surface area (Å²) in [7, 11) is 0. The lowest BCUT2D eigenvalue weighted by atomic mass is 9.96. The van der Waals surface area contributed by atoms with Gasteiger partial charge in [-0.1, -0.05) is 12.1 Å². The Morgan fingerprint density at radius 1 is 1.12 bits per heavy atom. The lowest BCUT2D eigenvalue weighted by molar-refractivity contribution is 0.171. The minimum Gasteiger partial charge on any atom is -0.486 e. The molecule has 0 saturated carbocycles. The molecule has 0 amide bonds. The predicted molar refractivity (Wildman–Crippen MR) is 102 cm³/mol. The van der Waals surface area contributed by atoms with E-state index >= 15 is 0 Å². The molecular formula is C19H23N5O2. The van der Waals surface area contributed by atoms with Gasteiger partial charge in [0.05, 0.1) is 11.3 Å². The summed E-state index contributed by atoms with van der Waals surface area (Å²) in [6.07, 6.45) is 4.09. The Hall–Kier alpha value is -2.80. The van der Waals surface area contributed by atoms with Gasteiger partial charge in [-0.25, -0.2) is 4.98 Å². The summed E-state index contributed by atoms with van der Waals surface area (Å²) in [5.41, 5.74) is 15.8. The van der Waals surface area contributed by atoms with E-state index in [4.69, 9.17) is 20.9 Å². The maximum atomic E-state index is 6.26. The molecule has 2 aromatic rings. The van der Waals surface area contributed by atoms with E-state index in [-0.39, 0.29) is 5.95 Å². The van der Waals surface area contributed by atoms with Gasteiger partial charge in [0, 0.05) is 12.6 Å². The predicted octanol–water partition coefficient (Wildman–Crippen LogP) is 2.23. The maximum Gasteiger partial charge on any atom is 0.222 e. The minimum absolute atomic E-state index is 0.185. The van der Waals surface area contributed by atoms with Gasteiger partial charge in [-0.2, -0.15) is 4.98 Å². The highest BCUT2D eigenvalue weighted by Gasteiger charge is 2.21. The zero-order valence-electron chi connectivity index (χ0n) is 14.8. The molecule has 3 heterocycles. The van der Waals surface area contributed by atoms with E-state index in [0.717, 1.165) is 47.5 Å². The molecular weight excluding hydrogens is 330 g/mol. The minimum atomic E-state index is 0.185. The van der Waals surface area contributed by atoms with Crippen LogP contribution in [0.5, 0.6) is 11.5 Å². The van der Waals surface area contributed by atoms with Crippen molar-refractivity contribution in [1.29, 1.82) is 0 Å². The van der Waals surface area contributed by atoms with E-state index in [1.807, 2.05) is 18.2 Å². The zero-order chi connectivity index (χ0) is 18.1. The number of nitrogens with zero attached hydrogens (tertiary/aromatic N) is 2. The van der Waals surface area contributed by atoms with Crippen LogP contribution in [0.2, 0.25) is 0 Å². The number of hydrogen-bond donors (Lipinski definition) is 3. The zero-order valence-corrected chi connectivity index (χ0v) is 14.8. The van der Waals surface area contributed by atoms with Crippen LogP contribution in [-0.2, 0) is 0 Å². The summed E-state index contributed by atoms with van der Waals surface area (Å²) in [6, 6.07) is 6.24. The standard InChI is InChI=1S/C19H23N5O2/c1-11-2-3-12(6-7-22-11)17-16(18(20)24-19(21)23-17)13-4-5-14-15(10-13)26-9-8-25-14/h4-6,10-11,22H,2-3,7-9H2,1H3,(H4,20,21,23,24)/t11-/m0/s1. The van der Waals surface area contributed by atoms with Crippen molar-refractivity contribution in [3.63, 3.8) is 0 Å². The van der Waals surface area contributed by atoms with Crippen LogP contribution < -0.4 is 26.3 Å². The van der Waals surface area contributed by atoms with Gasteiger partial charge in [0.15, 0.2) is 11.5 Å². The van der Waals surface area contributed by atoms with Crippen molar-refractivity contribution in [2.75, 3.05) is 31.2 Å². The number of ether oxygens (including phenoxy) is 2. The topological polar surface area (TPSA) is 108 Å². The molecule has 7 heteroatoms. The molecule has 2 aliphatic rings. The van der Waals surface area contributed by atoms with E-state index in [9.17, 15) is 0 Å². The van der Waals surface area contributed by atoms with Gasteiger partial charge in [0.25, 0.3) is 0 Å². The molecule has 26 heavy (non-hydrogen) atoms. The van der Waals surface area contributed by atoms with Crippen LogP contribution in [0.1, 0.15) is 25.5 Å². The normalized spacial score (nSPS) is 19.6. The fraction of sp³-hybridized carbons (Fsp3) is 0.368. The summed E-state index contributed by atoms with van der Waals surface area (Å²) in [5, 5.41) is 3.45. The Bertz CT molecular complexity index is 865. The number of rotatable bonds is 2. The third kappa shape index (κ3) is 3.17. The van der Waals surface area contributed by atoms with Gasteiger partial charge in [-0.15, -0.1) is 0 Å². The fourth-order valence-corrected chi connectivity index (χ4v) is 3.39. The first-order valence-electron chi connectivity index (χ1n) is 8.87. The van der Waals surface area contributed by atoms with Crippen molar-refractivity contribution in [2.24, 2.45) is 0 Å². The number of nitrogens with one attached hydrogen (secondary N) is 1. The Morgan fingerprint density at radius 3 is 2.77 bits per heavy atom. The number of anilines is 2. The summed E-state index contributed by atoms with van der Waals surface area (Å²) in [4.78, 5) is 8.72. The first-order valence-corrected chi connectivity index (χ1v) is 8.87. The first kappa shape index (κ1) is 16.7. The Labute approximate surface area is 152 Å². The van der Waals surface area contributed by atoms with E-state index in [1.54, 1.807) is 0 Å². The molecule has 0 fully saturated rings. The molecule has 0 bridgehead atoms. The van der Waals surface area contributed by atoms with Gasteiger partial charge in [0.1, 0.15) is 19.0 Å². The van der Waals surface area contributed by atoms with Crippen LogP contribution in [0.4, 0.5) is 11.8 Å². The van der Waals surface area contributed by atoms with Crippen molar-refractivity contribution < 1.29 is 9.47 Å². The van der Waals surface area contributed by atoms with E-state index in [0.29, 0.717) is 30.8 Å². The van der Waals surface area contributed by atoms with E-state index in [2.05, 4.69) is 28.3 Å². The monoisotopic (exact) mass is 353 g/mol. The third-order valence-electron chi connectivity index (χ3n) is 4.75. The van der Waals surface area contributed by atoms with Gasteiger partial charge in [0.2, 0.25) is 5.95 Å². The highest BCUT2D eigenvalue weighted by molar-refractivity contribution is 5.87. The second-order valence-electron chi connectivity index (χ2n) is 6.63. The van der Waals surface area contributed by atoms with Crippen molar-refractivity contribution >= 4 is 17.3 Å². The van der Waals surface area contributed by atoms with Gasteiger partial charge in [-0.05, 0) is 43.0 Å². The average molecular weight is 353 g/mol. The second kappa shape index (κ2) is 6.84. The van der Waals surface area contributed by atoms with Crippen LogP contribution in [-0.4, -0.2) is 35.8 Å². The molecule has 0 aliphatic carbocycles. The van der Waals surface area contributed by atoms with Crippen molar-refractivity contribution in [3.05, 3.63) is 30.0 Å². The average Bonchev–Trinajstić information content (AvgIpc) is 2.85. The van der Waals surface area contributed by atoms with Crippen LogP contribution in [0.3, 0.4) is 0 Å². The molecule has 1 atom stereocenters. The number of fused-ring (bicyclic) bond motifs is 1. The second-order valence-corrected chi connectivity index (χ2v) is 6.63. The summed E-state index contributed by atoms with van der Waals surface area (Å²) < 4.78 is 11.3. The SMILES string of the molecule is C[C@H]1CCC(c2nc(N)nc(N)c2-c2ccc3c(c2)OCCO3)=CCN1. The molecule has 0 radical (unpaired) electrons. The number of hydrogen-bond acceptors (Lipinski definition) is 7. The molecule has 2 aliphatic heterocycles. The maximum absolute atomic E-state index is 6.26. The van der Waals surface area contributed by atoms with Crippen molar-refractivity contribution in [3.8, 4) is 22.6 Å². The Balaban J connectivity index is 1.82. The van der Waals surface area contributed by atoms with Crippen molar-refractivity contribution in [1.82, 2.24) is 15.3 Å². The number of nitrogen functional groups attached to an aromatic ring is 2. The quantitative estimate of drug-likeness (QED) is 0.760. The third-order valence-corrected chi connectivity index (χ3v) is 4.75. The summed E-state index contributed by atoms with van der Waals surface area (Å²) in [6.45, 7) is 4.07. The number of nitrogens with two attached hydrogens (primary N) is 2. The number of allylic oxidation sites excluding steroid dienone is 1. The molecule has 5 N–H and O–H groups in total. The lowest BCUT2D eigenvalue weighted by Gasteiger charge is -2.20. The molecule has 4 rings (SSSR count). The summed E-state index contributed by atoms with van der Waals surface area (Å²) >= 11 is 0. The largest absolute Gasteiger partial charge is 0.486 e. The summed E-state index contributed by atoms with van der Waals surface area (Å²) in [5.74, 6) is 2.00. The van der Waals surface area contributed by atoms with Crippen LogP contribution >= 0.6 is 0 Å². The Kier molecular flexibility index (Phi) is 4.38. The lowest BCUT2D eigenvalue weighted by Crippen LogP contribution is -2.24. The molecule has 0 spiro atoms. The fourth-order valence-electron chi connectivity index (χ4n) is 3.39. The van der Waals surface area contributed by atoms with E-state index < -0.39 is 0 Å². The molecule has 1 aromatic heterocycles. The van der Waals surface area contributed by atoms with Crippen molar-refractivity contribution in [2.45, 2.75) is 25.8 Å². The van der Waals surface area contributed by atoms with Gasteiger partial charge >= 0.3 is 0 Å². The van der Waals surface area contributed by atoms with Crippen LogP contribution in [0.25, 0.3) is 16.7 Å². The van der Waals surface area contributed by atoms with Gasteiger partial charge in [-0.3, -0.25) is 0 Å². The van der Waals surface area contributed by atoms with Crippen LogP contribution in [0, 0.1) is 0 Å². The van der Waals surface area contributed by atoms with E-state index in [1.165, 1.54) is 0 Å². The highest BCUT2D eigenvalue weighted by Crippen LogP contribution is 2.39. The Morgan fingerprint density at radius 2 is 1.92 bits per heavy atom. The first-order chi connectivity index (χ1) is 12.6. The van der Waals surface area contributed by atoms with Gasteiger partial charge < -0.3 is 26.3 Å². The highest BCUT2D eigenvalue weighted by atomic mass is 16.6. The van der Waals surface area contributed by atoms with Crippen LogP contribution in [0.15, 0.2) is 24.3 Å². The molecule has 7 nitrogen and oxygen atoms in total. The number of benzene rings is 1. The molecule has 1 aromatic carbocycles. The molecule has 136 valence electrons. The number of aromatic nitrogens is 2. The molecule has 0 unspecified atom stereocenters.